The lowest BCUT2D eigenvalue weighted by molar-refractivity contribution is -0.132. The number of carbonyl (C=O) groups is 2. The van der Waals surface area contributed by atoms with Crippen LogP contribution in [0.5, 0.6) is 11.5 Å². The third-order valence-electron chi connectivity index (χ3n) is 5.07. The second kappa shape index (κ2) is 8.88. The number of nitrogens with zero attached hydrogens (tertiary/aromatic N) is 1. The van der Waals surface area contributed by atoms with Crippen LogP contribution in [-0.4, -0.2) is 30.0 Å². The second-order valence-corrected chi connectivity index (χ2v) is 8.56. The molecule has 1 fully saturated rings. The SMILES string of the molecule is COc1cccc(N2C(=O)C(=O)/C(=C(\O)c3cccc(OC(C)C)c3)C2c2cccs2)c1. The highest BCUT2D eigenvalue weighted by Crippen LogP contribution is 2.44. The van der Waals surface area contributed by atoms with E-state index in [0.29, 0.717) is 22.7 Å². The van der Waals surface area contributed by atoms with Crippen LogP contribution < -0.4 is 14.4 Å². The molecule has 0 aliphatic carbocycles. The molecule has 0 spiro atoms. The number of hydrogen-bond donors (Lipinski definition) is 1. The third-order valence-corrected chi connectivity index (χ3v) is 5.99. The van der Waals surface area contributed by atoms with Gasteiger partial charge in [0.05, 0.1) is 18.8 Å². The number of aliphatic hydroxyl groups is 1. The van der Waals surface area contributed by atoms with Gasteiger partial charge >= 0.3 is 0 Å². The highest BCUT2D eigenvalue weighted by atomic mass is 32.1. The van der Waals surface area contributed by atoms with E-state index in [-0.39, 0.29) is 17.4 Å². The molecule has 1 saturated heterocycles. The van der Waals surface area contributed by atoms with Gasteiger partial charge in [0.15, 0.2) is 0 Å². The number of amides is 1. The fourth-order valence-electron chi connectivity index (χ4n) is 3.72. The fourth-order valence-corrected chi connectivity index (χ4v) is 4.54. The summed E-state index contributed by atoms with van der Waals surface area (Å²) in [6.45, 7) is 3.81. The summed E-state index contributed by atoms with van der Waals surface area (Å²) in [6, 6.07) is 16.8. The van der Waals surface area contributed by atoms with Gasteiger partial charge in [-0.15, -0.1) is 11.3 Å². The van der Waals surface area contributed by atoms with Crippen molar-refractivity contribution in [2.24, 2.45) is 0 Å². The average molecular weight is 450 g/mol. The molecule has 2 heterocycles. The fraction of sp³-hybridized carbons (Fsp3) is 0.200. The molecule has 1 aliphatic heterocycles. The van der Waals surface area contributed by atoms with Crippen molar-refractivity contribution in [3.8, 4) is 11.5 Å². The number of ether oxygens (including phenoxy) is 2. The Morgan fingerprint density at radius 3 is 2.47 bits per heavy atom. The maximum Gasteiger partial charge on any atom is 0.300 e. The molecule has 0 radical (unpaired) electrons. The third kappa shape index (κ3) is 3.99. The number of rotatable bonds is 6. The van der Waals surface area contributed by atoms with E-state index in [2.05, 4.69) is 0 Å². The largest absolute Gasteiger partial charge is 0.507 e. The predicted molar refractivity (Wildman–Crippen MR) is 124 cm³/mol. The molecule has 32 heavy (non-hydrogen) atoms. The molecule has 1 aliphatic rings. The number of anilines is 1. The molecule has 0 bridgehead atoms. The molecule has 4 rings (SSSR count). The first-order chi connectivity index (χ1) is 15.4. The summed E-state index contributed by atoms with van der Waals surface area (Å²) in [5.74, 6) is -0.542. The molecule has 2 aromatic carbocycles. The highest BCUT2D eigenvalue weighted by Gasteiger charge is 2.47. The van der Waals surface area contributed by atoms with Crippen LogP contribution in [0.25, 0.3) is 5.76 Å². The van der Waals surface area contributed by atoms with Crippen molar-refractivity contribution < 1.29 is 24.2 Å². The predicted octanol–water partition coefficient (Wildman–Crippen LogP) is 5.17. The number of benzene rings is 2. The summed E-state index contributed by atoms with van der Waals surface area (Å²) in [5.41, 5.74) is 0.969. The van der Waals surface area contributed by atoms with Crippen LogP contribution in [0.2, 0.25) is 0 Å². The first-order valence-corrected chi connectivity index (χ1v) is 11.0. The maximum atomic E-state index is 13.2. The maximum absolute atomic E-state index is 13.2. The van der Waals surface area contributed by atoms with Crippen LogP contribution in [-0.2, 0) is 9.59 Å². The van der Waals surface area contributed by atoms with Gasteiger partial charge in [-0.2, -0.15) is 0 Å². The monoisotopic (exact) mass is 449 g/mol. The Labute approximate surface area is 190 Å². The molecule has 1 aromatic heterocycles. The Morgan fingerprint density at radius 2 is 1.78 bits per heavy atom. The molecular weight excluding hydrogens is 426 g/mol. The van der Waals surface area contributed by atoms with Crippen LogP contribution in [0.15, 0.2) is 71.6 Å². The van der Waals surface area contributed by atoms with Crippen molar-refractivity contribution in [3.05, 3.63) is 82.1 Å². The van der Waals surface area contributed by atoms with Crippen molar-refractivity contribution in [3.63, 3.8) is 0 Å². The minimum absolute atomic E-state index is 0.0435. The van der Waals surface area contributed by atoms with Crippen molar-refractivity contribution in [2.45, 2.75) is 26.0 Å². The number of thiophene rings is 1. The number of methoxy groups -OCH3 is 1. The molecule has 7 heteroatoms. The van der Waals surface area contributed by atoms with E-state index in [9.17, 15) is 14.7 Å². The first kappa shape index (κ1) is 21.6. The van der Waals surface area contributed by atoms with Gasteiger partial charge < -0.3 is 14.6 Å². The Hall–Kier alpha value is -3.58. The van der Waals surface area contributed by atoms with E-state index in [4.69, 9.17) is 9.47 Å². The number of aliphatic hydroxyl groups excluding tert-OH is 1. The van der Waals surface area contributed by atoms with Crippen LogP contribution in [0, 0.1) is 0 Å². The molecule has 164 valence electrons. The smallest absolute Gasteiger partial charge is 0.300 e. The van der Waals surface area contributed by atoms with Crippen LogP contribution >= 0.6 is 11.3 Å². The lowest BCUT2D eigenvalue weighted by Gasteiger charge is -2.24. The van der Waals surface area contributed by atoms with Gasteiger partial charge in [-0.3, -0.25) is 14.5 Å². The molecule has 0 saturated carbocycles. The molecule has 3 aromatic rings. The summed E-state index contributed by atoms with van der Waals surface area (Å²) in [6.07, 6.45) is -0.0443. The zero-order valence-corrected chi connectivity index (χ0v) is 18.8. The summed E-state index contributed by atoms with van der Waals surface area (Å²) >= 11 is 1.41. The molecule has 1 amide bonds. The van der Waals surface area contributed by atoms with Crippen molar-refractivity contribution >= 4 is 34.5 Å². The lowest BCUT2D eigenvalue weighted by Crippen LogP contribution is -2.29. The number of ketones is 1. The Morgan fingerprint density at radius 1 is 1.03 bits per heavy atom. The van der Waals surface area contributed by atoms with E-state index in [1.165, 1.54) is 23.3 Å². The first-order valence-electron chi connectivity index (χ1n) is 10.2. The van der Waals surface area contributed by atoms with Gasteiger partial charge in [0, 0.05) is 22.2 Å². The number of carbonyl (C=O) groups excluding carboxylic acids is 2. The number of hydrogen-bond acceptors (Lipinski definition) is 6. The summed E-state index contributed by atoms with van der Waals surface area (Å²) in [7, 11) is 1.54. The van der Waals surface area contributed by atoms with Crippen molar-refractivity contribution in [1.29, 1.82) is 0 Å². The van der Waals surface area contributed by atoms with E-state index in [1.54, 1.807) is 48.5 Å². The van der Waals surface area contributed by atoms with Gasteiger partial charge in [-0.1, -0.05) is 24.3 Å². The zero-order chi connectivity index (χ0) is 22.8. The van der Waals surface area contributed by atoms with Gasteiger partial charge in [-0.05, 0) is 49.6 Å². The Balaban J connectivity index is 1.87. The molecule has 1 atom stereocenters. The standard InChI is InChI=1S/C25H23NO5S/c1-15(2)31-19-10-4-7-16(13-19)23(27)21-22(20-11-6-12-32-20)26(25(29)24(21)28)17-8-5-9-18(14-17)30-3/h4-15,22,27H,1-3H3/b23-21-. The minimum atomic E-state index is -0.753. The molecular formula is C25H23NO5S. The van der Waals surface area contributed by atoms with E-state index in [0.717, 1.165) is 4.88 Å². The molecule has 6 nitrogen and oxygen atoms in total. The van der Waals surface area contributed by atoms with Crippen LogP contribution in [0.4, 0.5) is 5.69 Å². The lowest BCUT2D eigenvalue weighted by atomic mass is 9.99. The average Bonchev–Trinajstić information content (AvgIpc) is 3.40. The van der Waals surface area contributed by atoms with Crippen molar-refractivity contribution in [1.82, 2.24) is 0 Å². The van der Waals surface area contributed by atoms with E-state index >= 15 is 0 Å². The quantitative estimate of drug-likeness (QED) is 0.319. The van der Waals surface area contributed by atoms with Gasteiger partial charge in [0.25, 0.3) is 11.7 Å². The molecule has 1 N–H and O–H groups in total. The highest BCUT2D eigenvalue weighted by molar-refractivity contribution is 7.10. The normalized spacial score (nSPS) is 17.8. The van der Waals surface area contributed by atoms with Crippen LogP contribution in [0.3, 0.4) is 0 Å². The minimum Gasteiger partial charge on any atom is -0.507 e. The van der Waals surface area contributed by atoms with Crippen LogP contribution in [0.1, 0.15) is 30.3 Å². The Bertz CT molecular complexity index is 1180. The van der Waals surface area contributed by atoms with E-state index in [1.807, 2.05) is 31.4 Å². The molecule has 1 unspecified atom stereocenters. The summed E-state index contributed by atoms with van der Waals surface area (Å²) < 4.78 is 11.0. The summed E-state index contributed by atoms with van der Waals surface area (Å²) in [5, 5.41) is 13.1. The summed E-state index contributed by atoms with van der Waals surface area (Å²) in [4.78, 5) is 28.5. The van der Waals surface area contributed by atoms with Gasteiger partial charge in [-0.25, -0.2) is 0 Å². The van der Waals surface area contributed by atoms with E-state index < -0.39 is 17.7 Å². The second-order valence-electron chi connectivity index (χ2n) is 7.58. The van der Waals surface area contributed by atoms with Gasteiger partial charge in [0.1, 0.15) is 23.3 Å². The Kier molecular flexibility index (Phi) is 6.01. The zero-order valence-electron chi connectivity index (χ0n) is 17.9. The van der Waals surface area contributed by atoms with Gasteiger partial charge in [0.2, 0.25) is 0 Å². The number of Topliss-reactive ketones (excluding diaryl/α,β-unsaturated/α-hetero) is 1. The van der Waals surface area contributed by atoms with Crippen molar-refractivity contribution in [2.75, 3.05) is 12.0 Å². The topological polar surface area (TPSA) is 76.1 Å².